The minimum Gasteiger partial charge on any atom is -0.497 e. The number of nitrogens with one attached hydrogen (secondary N) is 1. The lowest BCUT2D eigenvalue weighted by Crippen LogP contribution is -2.33. The largest absolute Gasteiger partial charge is 0.497 e. The summed E-state index contributed by atoms with van der Waals surface area (Å²) in [6, 6.07) is 23.5. The SMILES string of the molecule is COc1cccc(CC(COc2cccc(N(C)C)c2)OC(=O)NCc2ccc(N(C)C)cc2)c1. The van der Waals surface area contributed by atoms with Gasteiger partial charge in [0, 0.05) is 58.6 Å². The zero-order valence-electron chi connectivity index (χ0n) is 21.2. The fraction of sp³-hybridized carbons (Fsp3) is 0.321. The molecule has 1 unspecified atom stereocenters. The molecule has 1 N–H and O–H groups in total. The Labute approximate surface area is 208 Å². The van der Waals surface area contributed by atoms with Crippen LogP contribution in [0.2, 0.25) is 0 Å². The number of anilines is 2. The first-order valence-electron chi connectivity index (χ1n) is 11.6. The number of nitrogens with zero attached hydrogens (tertiary/aromatic N) is 2. The van der Waals surface area contributed by atoms with Crippen molar-refractivity contribution in [1.82, 2.24) is 5.32 Å². The molecule has 3 aromatic carbocycles. The van der Waals surface area contributed by atoms with Crippen LogP contribution >= 0.6 is 0 Å². The van der Waals surface area contributed by atoms with Crippen LogP contribution in [0.25, 0.3) is 0 Å². The molecule has 0 radical (unpaired) electrons. The third-order valence-electron chi connectivity index (χ3n) is 5.53. The fourth-order valence-electron chi connectivity index (χ4n) is 3.52. The van der Waals surface area contributed by atoms with Gasteiger partial charge >= 0.3 is 6.09 Å². The van der Waals surface area contributed by atoms with E-state index in [1.165, 1.54) is 0 Å². The average Bonchev–Trinajstić information content (AvgIpc) is 2.86. The number of alkyl carbamates (subject to hydrolysis) is 1. The van der Waals surface area contributed by atoms with E-state index in [9.17, 15) is 4.79 Å². The summed E-state index contributed by atoms with van der Waals surface area (Å²) in [5, 5.41) is 2.85. The van der Waals surface area contributed by atoms with Crippen molar-refractivity contribution < 1.29 is 19.0 Å². The van der Waals surface area contributed by atoms with Gasteiger partial charge in [-0.15, -0.1) is 0 Å². The fourth-order valence-corrected chi connectivity index (χ4v) is 3.52. The molecule has 3 rings (SSSR count). The van der Waals surface area contributed by atoms with Crippen molar-refractivity contribution in [2.45, 2.75) is 19.1 Å². The quantitative estimate of drug-likeness (QED) is 0.430. The number of hydrogen-bond donors (Lipinski definition) is 1. The maximum atomic E-state index is 12.6. The van der Waals surface area contributed by atoms with Crippen LogP contribution in [0.3, 0.4) is 0 Å². The molecule has 0 saturated carbocycles. The summed E-state index contributed by atoms with van der Waals surface area (Å²) in [5.74, 6) is 1.48. The monoisotopic (exact) mass is 477 g/mol. The Morgan fingerprint density at radius 1 is 0.829 bits per heavy atom. The summed E-state index contributed by atoms with van der Waals surface area (Å²) in [6.07, 6.45) is -0.475. The van der Waals surface area contributed by atoms with Crippen molar-refractivity contribution >= 4 is 17.5 Å². The summed E-state index contributed by atoms with van der Waals surface area (Å²) in [7, 11) is 9.57. The molecule has 186 valence electrons. The second-order valence-corrected chi connectivity index (χ2v) is 8.70. The zero-order chi connectivity index (χ0) is 25.2. The molecular weight excluding hydrogens is 442 g/mol. The highest BCUT2D eigenvalue weighted by atomic mass is 16.6. The van der Waals surface area contributed by atoms with E-state index in [1.54, 1.807) is 7.11 Å². The predicted molar refractivity (Wildman–Crippen MR) is 141 cm³/mol. The molecule has 0 spiro atoms. The molecule has 3 aromatic rings. The first-order valence-corrected chi connectivity index (χ1v) is 11.6. The van der Waals surface area contributed by atoms with Gasteiger partial charge in [-0.05, 0) is 47.5 Å². The Hall–Kier alpha value is -3.87. The molecule has 1 amide bonds. The number of benzene rings is 3. The number of methoxy groups -OCH3 is 1. The van der Waals surface area contributed by atoms with Gasteiger partial charge in [-0.2, -0.15) is 0 Å². The maximum absolute atomic E-state index is 12.6. The van der Waals surface area contributed by atoms with Gasteiger partial charge in [0.25, 0.3) is 0 Å². The zero-order valence-corrected chi connectivity index (χ0v) is 21.2. The van der Waals surface area contributed by atoms with Crippen molar-refractivity contribution in [1.29, 1.82) is 0 Å². The molecular formula is C28H35N3O4. The Kier molecular flexibility index (Phi) is 9.23. The minimum atomic E-state index is -0.486. The number of rotatable bonds is 11. The Bertz CT molecular complexity index is 1080. The van der Waals surface area contributed by atoms with Crippen LogP contribution in [0.5, 0.6) is 11.5 Å². The molecule has 7 heteroatoms. The van der Waals surface area contributed by atoms with E-state index in [1.807, 2.05) is 111 Å². The normalized spacial score (nSPS) is 11.3. The summed E-state index contributed by atoms with van der Waals surface area (Å²) in [6.45, 7) is 0.600. The van der Waals surface area contributed by atoms with Crippen LogP contribution in [0, 0.1) is 0 Å². The summed E-state index contributed by atoms with van der Waals surface area (Å²) >= 11 is 0. The van der Waals surface area contributed by atoms with Gasteiger partial charge in [0.1, 0.15) is 24.2 Å². The predicted octanol–water partition coefficient (Wildman–Crippen LogP) is 4.74. The standard InChI is InChI=1S/C28H35N3O4/c1-30(2)23-14-12-21(13-15-23)19-29-28(32)35-27(17-22-8-6-10-25(16-22)33-5)20-34-26-11-7-9-24(18-26)31(3)4/h6-16,18,27H,17,19-20H2,1-5H3,(H,29,32). The first-order chi connectivity index (χ1) is 16.8. The Morgan fingerprint density at radius 2 is 1.51 bits per heavy atom. The van der Waals surface area contributed by atoms with Crippen LogP contribution in [0.1, 0.15) is 11.1 Å². The van der Waals surface area contributed by atoms with Gasteiger partial charge < -0.3 is 29.3 Å². The number of ether oxygens (including phenoxy) is 3. The van der Waals surface area contributed by atoms with E-state index in [0.717, 1.165) is 34.0 Å². The van der Waals surface area contributed by atoms with Crippen molar-refractivity contribution in [3.63, 3.8) is 0 Å². The first kappa shape index (κ1) is 25.7. The highest BCUT2D eigenvalue weighted by Gasteiger charge is 2.17. The molecule has 0 aliphatic heterocycles. The average molecular weight is 478 g/mol. The van der Waals surface area contributed by atoms with Gasteiger partial charge in [0.2, 0.25) is 0 Å². The van der Waals surface area contributed by atoms with Crippen molar-refractivity contribution in [3.05, 3.63) is 83.9 Å². The molecule has 7 nitrogen and oxygen atoms in total. The molecule has 0 fully saturated rings. The third kappa shape index (κ3) is 8.14. The highest BCUT2D eigenvalue weighted by Crippen LogP contribution is 2.21. The van der Waals surface area contributed by atoms with Crippen molar-refractivity contribution in [2.75, 3.05) is 51.7 Å². The van der Waals surface area contributed by atoms with E-state index in [2.05, 4.69) is 5.32 Å². The summed E-state index contributed by atoms with van der Waals surface area (Å²) in [5.41, 5.74) is 4.12. The smallest absolute Gasteiger partial charge is 0.407 e. The second kappa shape index (κ2) is 12.6. The summed E-state index contributed by atoms with van der Waals surface area (Å²) < 4.78 is 17.1. The number of amides is 1. The molecule has 0 aromatic heterocycles. The van der Waals surface area contributed by atoms with Gasteiger partial charge in [0.05, 0.1) is 7.11 Å². The van der Waals surface area contributed by atoms with Gasteiger partial charge in [-0.25, -0.2) is 4.79 Å². The van der Waals surface area contributed by atoms with E-state index in [0.29, 0.717) is 13.0 Å². The molecule has 35 heavy (non-hydrogen) atoms. The van der Waals surface area contributed by atoms with Crippen molar-refractivity contribution in [3.8, 4) is 11.5 Å². The summed E-state index contributed by atoms with van der Waals surface area (Å²) in [4.78, 5) is 16.7. The van der Waals surface area contributed by atoms with Gasteiger partial charge in [-0.1, -0.05) is 30.3 Å². The molecule has 0 bridgehead atoms. The van der Waals surface area contributed by atoms with Gasteiger partial charge in [0.15, 0.2) is 0 Å². The lowest BCUT2D eigenvalue weighted by Gasteiger charge is -2.20. The number of carbonyl (C=O) groups excluding carboxylic acids is 1. The van der Waals surface area contributed by atoms with E-state index in [-0.39, 0.29) is 6.61 Å². The van der Waals surface area contributed by atoms with Crippen LogP contribution in [-0.2, 0) is 17.7 Å². The lowest BCUT2D eigenvalue weighted by molar-refractivity contribution is 0.0649. The lowest BCUT2D eigenvalue weighted by atomic mass is 10.1. The van der Waals surface area contributed by atoms with E-state index in [4.69, 9.17) is 14.2 Å². The maximum Gasteiger partial charge on any atom is 0.407 e. The highest BCUT2D eigenvalue weighted by molar-refractivity contribution is 5.67. The van der Waals surface area contributed by atoms with Crippen molar-refractivity contribution in [2.24, 2.45) is 0 Å². The molecule has 0 heterocycles. The van der Waals surface area contributed by atoms with Gasteiger partial charge in [-0.3, -0.25) is 0 Å². The van der Waals surface area contributed by atoms with Crippen LogP contribution < -0.4 is 24.6 Å². The molecule has 1 atom stereocenters. The third-order valence-corrected chi connectivity index (χ3v) is 5.53. The molecule has 0 saturated heterocycles. The van der Waals surface area contributed by atoms with Crippen LogP contribution in [0.4, 0.5) is 16.2 Å². The molecule has 0 aliphatic rings. The number of hydrogen-bond acceptors (Lipinski definition) is 6. The van der Waals surface area contributed by atoms with Crippen LogP contribution in [0.15, 0.2) is 72.8 Å². The van der Waals surface area contributed by atoms with E-state index < -0.39 is 12.2 Å². The van der Waals surface area contributed by atoms with E-state index >= 15 is 0 Å². The number of carbonyl (C=O) groups is 1. The Balaban J connectivity index is 1.64. The minimum absolute atomic E-state index is 0.221. The van der Waals surface area contributed by atoms with Crippen LogP contribution in [-0.4, -0.2) is 54.1 Å². The Morgan fingerprint density at radius 3 is 2.20 bits per heavy atom. The second-order valence-electron chi connectivity index (χ2n) is 8.70. The topological polar surface area (TPSA) is 63.3 Å². The molecule has 0 aliphatic carbocycles.